The molecule has 1 aromatic heterocycles. The molecule has 2 aromatic carbocycles. The minimum absolute atomic E-state index is 0.0123. The van der Waals surface area contributed by atoms with Crippen molar-refractivity contribution in [2.45, 2.75) is 25.7 Å². The standard InChI is InChI=1S/C21H22N4O3S3/c1-12-4-5-15(10-13(12)2)20-19(26)18(11-30-20)14(3)24-25-21(29)23-16-6-8-17(9-7-16)31(22,27)28/h4-11,26H,1-3H3,(H2,22,27,28)(H2,23,25,29). The third kappa shape index (κ3) is 5.47. The lowest BCUT2D eigenvalue weighted by molar-refractivity contribution is 0.478. The summed E-state index contributed by atoms with van der Waals surface area (Å²) in [5.41, 5.74) is 7.80. The van der Waals surface area contributed by atoms with Crippen LogP contribution >= 0.6 is 23.6 Å². The van der Waals surface area contributed by atoms with E-state index in [4.69, 9.17) is 17.4 Å². The number of aromatic hydroxyl groups is 1. The minimum atomic E-state index is -3.75. The average molecular weight is 475 g/mol. The number of nitrogens with one attached hydrogen (secondary N) is 2. The summed E-state index contributed by atoms with van der Waals surface area (Å²) in [4.78, 5) is 0.793. The SMILES string of the molecule is CC(=NNC(=S)Nc1ccc(S(N)(=O)=O)cc1)c1csc(-c2ccc(C)c(C)c2)c1O. The van der Waals surface area contributed by atoms with E-state index in [-0.39, 0.29) is 15.8 Å². The highest BCUT2D eigenvalue weighted by Gasteiger charge is 2.15. The number of sulfonamides is 1. The van der Waals surface area contributed by atoms with E-state index in [1.54, 1.807) is 19.1 Å². The number of nitrogens with zero attached hydrogens (tertiary/aromatic N) is 1. The van der Waals surface area contributed by atoms with Crippen molar-refractivity contribution < 1.29 is 13.5 Å². The molecule has 0 bridgehead atoms. The van der Waals surface area contributed by atoms with E-state index in [0.717, 1.165) is 16.0 Å². The highest BCUT2D eigenvalue weighted by molar-refractivity contribution is 7.89. The molecule has 0 saturated heterocycles. The number of hydrogen-bond acceptors (Lipinski definition) is 6. The van der Waals surface area contributed by atoms with Gasteiger partial charge in [0.05, 0.1) is 21.0 Å². The average Bonchev–Trinajstić information content (AvgIpc) is 3.09. The van der Waals surface area contributed by atoms with Gasteiger partial charge in [0, 0.05) is 11.1 Å². The lowest BCUT2D eigenvalue weighted by atomic mass is 10.0. The first-order valence-electron chi connectivity index (χ1n) is 9.19. The quantitative estimate of drug-likeness (QED) is 0.251. The molecule has 10 heteroatoms. The normalized spacial score (nSPS) is 11.9. The van der Waals surface area contributed by atoms with Crippen molar-refractivity contribution in [1.29, 1.82) is 0 Å². The van der Waals surface area contributed by atoms with Gasteiger partial charge < -0.3 is 10.4 Å². The molecule has 5 N–H and O–H groups in total. The Bertz CT molecular complexity index is 1260. The van der Waals surface area contributed by atoms with Gasteiger partial charge in [-0.05, 0) is 73.9 Å². The Hall–Kier alpha value is -2.79. The summed E-state index contributed by atoms with van der Waals surface area (Å²) in [6, 6.07) is 11.9. The van der Waals surface area contributed by atoms with Crippen LogP contribution in [-0.2, 0) is 10.0 Å². The first-order chi connectivity index (χ1) is 14.6. The van der Waals surface area contributed by atoms with Gasteiger partial charge in [-0.3, -0.25) is 5.43 Å². The molecule has 162 valence electrons. The van der Waals surface area contributed by atoms with Gasteiger partial charge in [-0.15, -0.1) is 11.3 Å². The van der Waals surface area contributed by atoms with Gasteiger partial charge in [-0.2, -0.15) is 5.10 Å². The van der Waals surface area contributed by atoms with Crippen LogP contribution in [0.15, 0.2) is 57.8 Å². The van der Waals surface area contributed by atoms with Crippen molar-refractivity contribution in [2.24, 2.45) is 10.2 Å². The molecule has 0 spiro atoms. The van der Waals surface area contributed by atoms with Gasteiger partial charge in [-0.1, -0.05) is 18.2 Å². The number of aryl methyl sites for hydroxylation is 2. The zero-order valence-electron chi connectivity index (χ0n) is 17.1. The van der Waals surface area contributed by atoms with Gasteiger partial charge in [0.2, 0.25) is 10.0 Å². The number of primary sulfonamides is 1. The van der Waals surface area contributed by atoms with E-state index in [9.17, 15) is 13.5 Å². The van der Waals surface area contributed by atoms with Crippen molar-refractivity contribution in [2.75, 3.05) is 5.32 Å². The van der Waals surface area contributed by atoms with Crippen LogP contribution < -0.4 is 15.9 Å². The molecule has 0 radical (unpaired) electrons. The highest BCUT2D eigenvalue weighted by atomic mass is 32.2. The number of nitrogens with two attached hydrogens (primary N) is 1. The van der Waals surface area contributed by atoms with E-state index in [1.807, 2.05) is 31.4 Å². The maximum Gasteiger partial charge on any atom is 0.238 e. The second-order valence-corrected chi connectivity index (χ2v) is 9.81. The molecule has 0 aliphatic rings. The fourth-order valence-corrected chi connectivity index (χ4v) is 4.46. The Morgan fingerprint density at radius 1 is 1.13 bits per heavy atom. The van der Waals surface area contributed by atoms with Gasteiger partial charge in [0.1, 0.15) is 5.75 Å². The fraction of sp³-hybridized carbons (Fsp3) is 0.143. The molecule has 0 saturated carbocycles. The molecule has 0 aliphatic heterocycles. The summed E-state index contributed by atoms with van der Waals surface area (Å²) in [7, 11) is -3.75. The fourth-order valence-electron chi connectivity index (χ4n) is 2.78. The van der Waals surface area contributed by atoms with E-state index in [1.165, 1.54) is 29.0 Å². The molecule has 0 aliphatic carbocycles. The van der Waals surface area contributed by atoms with Crippen molar-refractivity contribution >= 4 is 50.1 Å². The molecule has 0 atom stereocenters. The van der Waals surface area contributed by atoms with Crippen LogP contribution in [-0.4, -0.2) is 24.3 Å². The first-order valence-corrected chi connectivity index (χ1v) is 12.0. The van der Waals surface area contributed by atoms with Crippen molar-refractivity contribution in [1.82, 2.24) is 5.43 Å². The smallest absolute Gasteiger partial charge is 0.238 e. The summed E-state index contributed by atoms with van der Waals surface area (Å²) in [5, 5.41) is 25.0. The number of rotatable bonds is 5. The Morgan fingerprint density at radius 2 is 1.81 bits per heavy atom. The molecule has 1 heterocycles. The Labute approximate surface area is 190 Å². The van der Waals surface area contributed by atoms with Gasteiger partial charge in [0.15, 0.2) is 5.11 Å². The molecule has 31 heavy (non-hydrogen) atoms. The molecule has 7 nitrogen and oxygen atoms in total. The van der Waals surface area contributed by atoms with E-state index < -0.39 is 10.0 Å². The Morgan fingerprint density at radius 3 is 2.42 bits per heavy atom. The topological polar surface area (TPSA) is 117 Å². The number of benzene rings is 2. The van der Waals surface area contributed by atoms with E-state index in [2.05, 4.69) is 21.9 Å². The Balaban J connectivity index is 1.69. The molecule has 0 amide bonds. The van der Waals surface area contributed by atoms with Gasteiger partial charge >= 0.3 is 0 Å². The van der Waals surface area contributed by atoms with E-state index >= 15 is 0 Å². The van der Waals surface area contributed by atoms with Crippen LogP contribution in [0, 0.1) is 13.8 Å². The molecular formula is C21H22N4O3S3. The maximum atomic E-state index is 11.3. The zero-order chi connectivity index (χ0) is 22.8. The van der Waals surface area contributed by atoms with Crippen LogP contribution in [0.2, 0.25) is 0 Å². The summed E-state index contributed by atoms with van der Waals surface area (Å²) in [5.74, 6) is 0.175. The predicted octanol–water partition coefficient (Wildman–Crippen LogP) is 4.10. The third-order valence-corrected chi connectivity index (χ3v) is 6.83. The maximum absolute atomic E-state index is 11.3. The third-order valence-electron chi connectivity index (χ3n) is 4.69. The zero-order valence-corrected chi connectivity index (χ0v) is 19.6. The van der Waals surface area contributed by atoms with Crippen LogP contribution in [0.5, 0.6) is 5.75 Å². The van der Waals surface area contributed by atoms with Crippen LogP contribution in [0.1, 0.15) is 23.6 Å². The van der Waals surface area contributed by atoms with E-state index in [0.29, 0.717) is 17.0 Å². The van der Waals surface area contributed by atoms with Gasteiger partial charge in [0.25, 0.3) is 0 Å². The summed E-state index contributed by atoms with van der Waals surface area (Å²) < 4.78 is 22.6. The number of hydrazone groups is 1. The molecule has 0 unspecified atom stereocenters. The number of thiocarbonyl (C=S) groups is 1. The van der Waals surface area contributed by atoms with Crippen molar-refractivity contribution in [3.8, 4) is 16.2 Å². The second kappa shape index (κ2) is 9.15. The number of hydrogen-bond donors (Lipinski definition) is 4. The largest absolute Gasteiger partial charge is 0.506 e. The summed E-state index contributed by atoms with van der Waals surface area (Å²) >= 11 is 6.67. The van der Waals surface area contributed by atoms with Crippen molar-refractivity contribution in [3.05, 3.63) is 64.5 Å². The van der Waals surface area contributed by atoms with Gasteiger partial charge in [-0.25, -0.2) is 13.6 Å². The Kier molecular flexibility index (Phi) is 6.75. The predicted molar refractivity (Wildman–Crippen MR) is 130 cm³/mol. The minimum Gasteiger partial charge on any atom is -0.506 e. The highest BCUT2D eigenvalue weighted by Crippen LogP contribution is 2.39. The van der Waals surface area contributed by atoms with Crippen LogP contribution in [0.4, 0.5) is 5.69 Å². The van der Waals surface area contributed by atoms with Crippen LogP contribution in [0.25, 0.3) is 10.4 Å². The second-order valence-electron chi connectivity index (χ2n) is 6.96. The summed E-state index contributed by atoms with van der Waals surface area (Å²) in [6.07, 6.45) is 0. The molecule has 3 aromatic rings. The monoisotopic (exact) mass is 474 g/mol. The van der Waals surface area contributed by atoms with Crippen LogP contribution in [0.3, 0.4) is 0 Å². The molecular weight excluding hydrogens is 452 g/mol. The lowest BCUT2D eigenvalue weighted by Gasteiger charge is -2.09. The van der Waals surface area contributed by atoms with Crippen molar-refractivity contribution in [3.63, 3.8) is 0 Å². The molecule has 0 fully saturated rings. The lowest BCUT2D eigenvalue weighted by Crippen LogP contribution is -2.25. The summed E-state index contributed by atoms with van der Waals surface area (Å²) in [6.45, 7) is 5.85. The molecule has 3 rings (SSSR count). The number of thiophene rings is 1. The first kappa shape index (κ1) is 22.9. The number of anilines is 1.